The molecule has 0 aliphatic rings. The van der Waals surface area contributed by atoms with Crippen molar-refractivity contribution in [2.45, 2.75) is 25.9 Å². The van der Waals surface area contributed by atoms with Crippen molar-refractivity contribution in [1.29, 1.82) is 0 Å². The zero-order chi connectivity index (χ0) is 12.3. The maximum Gasteiger partial charge on any atom is 0.422 e. The van der Waals surface area contributed by atoms with Crippen LogP contribution in [-0.2, 0) is 5.88 Å². The van der Waals surface area contributed by atoms with Crippen molar-refractivity contribution >= 4 is 24.0 Å². The van der Waals surface area contributed by atoms with Gasteiger partial charge in [0.05, 0.1) is 11.6 Å². The van der Waals surface area contributed by atoms with Crippen molar-refractivity contribution in [2.24, 2.45) is 0 Å². The molecular formula is C10H12Cl2F3NO. The molecule has 0 saturated heterocycles. The minimum absolute atomic E-state index is 0. The molecule has 0 aromatic carbocycles. The number of hydrogen-bond acceptors (Lipinski definition) is 2. The second-order valence-corrected chi connectivity index (χ2v) is 3.65. The van der Waals surface area contributed by atoms with E-state index in [1.807, 2.05) is 0 Å². The zero-order valence-corrected chi connectivity index (χ0v) is 10.8. The van der Waals surface area contributed by atoms with E-state index in [-0.39, 0.29) is 24.0 Å². The van der Waals surface area contributed by atoms with Crippen molar-refractivity contribution < 1.29 is 17.9 Å². The van der Waals surface area contributed by atoms with Crippen LogP contribution in [0.25, 0.3) is 0 Å². The van der Waals surface area contributed by atoms with Gasteiger partial charge >= 0.3 is 6.18 Å². The molecule has 0 aliphatic carbocycles. The Morgan fingerprint density at radius 1 is 1.35 bits per heavy atom. The first-order chi connectivity index (χ1) is 7.35. The molecule has 1 rings (SSSR count). The highest BCUT2D eigenvalue weighted by molar-refractivity contribution is 6.17. The molecule has 1 aromatic heterocycles. The molecule has 0 atom stereocenters. The second kappa shape index (κ2) is 6.31. The minimum atomic E-state index is -4.34. The van der Waals surface area contributed by atoms with Gasteiger partial charge < -0.3 is 4.74 Å². The number of nitrogens with zero attached hydrogens (tertiary/aromatic N) is 1. The fourth-order valence-electron chi connectivity index (χ4n) is 1.27. The maximum absolute atomic E-state index is 12.0. The van der Waals surface area contributed by atoms with E-state index in [4.69, 9.17) is 16.3 Å². The molecule has 0 saturated carbocycles. The van der Waals surface area contributed by atoms with Crippen LogP contribution in [0, 0.1) is 13.8 Å². The molecule has 0 aliphatic heterocycles. The van der Waals surface area contributed by atoms with Gasteiger partial charge in [-0.05, 0) is 13.8 Å². The highest BCUT2D eigenvalue weighted by Gasteiger charge is 2.29. The summed E-state index contributed by atoms with van der Waals surface area (Å²) in [5.74, 6) is 0.358. The van der Waals surface area contributed by atoms with Gasteiger partial charge in [-0.25, -0.2) is 0 Å². The molecule has 0 bridgehead atoms. The number of pyridine rings is 1. The predicted molar refractivity (Wildman–Crippen MR) is 62.1 cm³/mol. The number of halogens is 5. The van der Waals surface area contributed by atoms with Crippen LogP contribution in [0.4, 0.5) is 13.2 Å². The second-order valence-electron chi connectivity index (χ2n) is 3.38. The van der Waals surface area contributed by atoms with Crippen LogP contribution in [0.15, 0.2) is 6.20 Å². The van der Waals surface area contributed by atoms with Crippen molar-refractivity contribution in [3.63, 3.8) is 0 Å². The molecule has 0 spiro atoms. The lowest BCUT2D eigenvalue weighted by Crippen LogP contribution is -2.20. The Hall–Kier alpha value is -0.680. The van der Waals surface area contributed by atoms with Crippen molar-refractivity contribution in [2.75, 3.05) is 6.61 Å². The molecule has 0 N–H and O–H groups in total. The lowest BCUT2D eigenvalue weighted by Gasteiger charge is -2.14. The van der Waals surface area contributed by atoms with Crippen molar-refractivity contribution in [3.8, 4) is 5.75 Å². The Morgan fingerprint density at radius 2 is 1.94 bits per heavy atom. The molecule has 17 heavy (non-hydrogen) atoms. The van der Waals surface area contributed by atoms with Gasteiger partial charge in [-0.2, -0.15) is 13.2 Å². The summed E-state index contributed by atoms with van der Waals surface area (Å²) in [4.78, 5) is 4.01. The molecule has 0 unspecified atom stereocenters. The third-order valence-electron chi connectivity index (χ3n) is 2.05. The monoisotopic (exact) mass is 289 g/mol. The first-order valence-corrected chi connectivity index (χ1v) is 5.09. The fourth-order valence-corrected chi connectivity index (χ4v) is 1.54. The number of aryl methyl sites for hydroxylation is 1. The Morgan fingerprint density at radius 3 is 2.41 bits per heavy atom. The van der Waals surface area contributed by atoms with E-state index in [9.17, 15) is 13.2 Å². The largest absolute Gasteiger partial charge is 0.483 e. The van der Waals surface area contributed by atoms with Crippen LogP contribution in [-0.4, -0.2) is 17.8 Å². The normalized spacial score (nSPS) is 10.9. The molecule has 2 nitrogen and oxygen atoms in total. The van der Waals surface area contributed by atoms with Crippen molar-refractivity contribution in [3.05, 3.63) is 23.0 Å². The molecule has 0 amide bonds. The maximum atomic E-state index is 12.0. The average Bonchev–Trinajstić information content (AvgIpc) is 2.16. The Kier molecular flexibility index (Phi) is 6.05. The quantitative estimate of drug-likeness (QED) is 0.790. The van der Waals surface area contributed by atoms with E-state index in [1.165, 1.54) is 6.20 Å². The summed E-state index contributed by atoms with van der Waals surface area (Å²) in [6.07, 6.45) is -2.89. The number of alkyl halides is 4. The van der Waals surface area contributed by atoms with Gasteiger partial charge in [0.2, 0.25) is 0 Å². The molecular weight excluding hydrogens is 278 g/mol. The Bertz CT molecular complexity index is 383. The van der Waals surface area contributed by atoms with E-state index >= 15 is 0 Å². The molecule has 0 fully saturated rings. The SMILES string of the molecule is Cc1cnc(CCl)c(C)c1OCC(F)(F)F.Cl. The fraction of sp³-hybridized carbons (Fsp3) is 0.500. The first kappa shape index (κ1) is 16.3. The number of hydrogen-bond donors (Lipinski definition) is 0. The van der Waals surface area contributed by atoms with Crippen LogP contribution in [0.1, 0.15) is 16.8 Å². The average molecular weight is 290 g/mol. The summed E-state index contributed by atoms with van der Waals surface area (Å²) in [5.41, 5.74) is 1.65. The number of ether oxygens (including phenoxy) is 1. The van der Waals surface area contributed by atoms with Crippen LogP contribution < -0.4 is 4.74 Å². The van der Waals surface area contributed by atoms with E-state index in [2.05, 4.69) is 4.98 Å². The third-order valence-corrected chi connectivity index (χ3v) is 2.31. The smallest absolute Gasteiger partial charge is 0.422 e. The van der Waals surface area contributed by atoms with Gasteiger partial charge in [0.25, 0.3) is 0 Å². The first-order valence-electron chi connectivity index (χ1n) is 4.55. The van der Waals surface area contributed by atoms with E-state index in [1.54, 1.807) is 13.8 Å². The molecule has 1 heterocycles. The molecule has 7 heteroatoms. The number of aromatic nitrogens is 1. The summed E-state index contributed by atoms with van der Waals surface area (Å²) in [6, 6.07) is 0. The minimum Gasteiger partial charge on any atom is -0.483 e. The Balaban J connectivity index is 0.00000256. The van der Waals surface area contributed by atoms with Crippen LogP contribution in [0.2, 0.25) is 0 Å². The summed E-state index contributed by atoms with van der Waals surface area (Å²) in [6.45, 7) is 1.98. The topological polar surface area (TPSA) is 22.1 Å². The van der Waals surface area contributed by atoms with Crippen LogP contribution >= 0.6 is 24.0 Å². The highest BCUT2D eigenvalue weighted by Crippen LogP contribution is 2.27. The highest BCUT2D eigenvalue weighted by atomic mass is 35.5. The van der Waals surface area contributed by atoms with Gasteiger partial charge in [-0.15, -0.1) is 24.0 Å². The summed E-state index contributed by atoms with van der Waals surface area (Å²) in [5, 5.41) is 0. The molecule has 0 radical (unpaired) electrons. The lowest BCUT2D eigenvalue weighted by atomic mass is 10.1. The predicted octanol–water partition coefficient (Wildman–Crippen LogP) is 3.80. The number of rotatable bonds is 3. The van der Waals surface area contributed by atoms with Gasteiger partial charge in [0.1, 0.15) is 5.75 Å². The van der Waals surface area contributed by atoms with Gasteiger partial charge in [0.15, 0.2) is 6.61 Å². The Labute approximate surface area is 109 Å². The standard InChI is InChI=1S/C10H11ClF3NO.ClH/c1-6-4-15-8(3-11)7(2)9(6)16-5-10(12,13)14;/h4H,3,5H2,1-2H3;1H. The van der Waals surface area contributed by atoms with Crippen LogP contribution in [0.5, 0.6) is 5.75 Å². The van der Waals surface area contributed by atoms with Crippen LogP contribution in [0.3, 0.4) is 0 Å². The van der Waals surface area contributed by atoms with Gasteiger partial charge in [-0.3, -0.25) is 4.98 Å². The van der Waals surface area contributed by atoms with E-state index in [0.717, 1.165) is 0 Å². The zero-order valence-electron chi connectivity index (χ0n) is 9.27. The van der Waals surface area contributed by atoms with Gasteiger partial charge in [0, 0.05) is 17.3 Å². The van der Waals surface area contributed by atoms with E-state index < -0.39 is 12.8 Å². The van der Waals surface area contributed by atoms with E-state index in [0.29, 0.717) is 16.8 Å². The summed E-state index contributed by atoms with van der Waals surface area (Å²) >= 11 is 5.61. The summed E-state index contributed by atoms with van der Waals surface area (Å²) < 4.78 is 40.8. The summed E-state index contributed by atoms with van der Waals surface area (Å²) in [7, 11) is 0. The lowest BCUT2D eigenvalue weighted by molar-refractivity contribution is -0.153. The van der Waals surface area contributed by atoms with Crippen molar-refractivity contribution in [1.82, 2.24) is 4.98 Å². The van der Waals surface area contributed by atoms with Gasteiger partial charge in [-0.1, -0.05) is 0 Å². The molecule has 98 valence electrons. The molecule has 1 aromatic rings. The third kappa shape index (κ3) is 4.60.